The van der Waals surface area contributed by atoms with Gasteiger partial charge in [-0.3, -0.25) is 4.98 Å². The Morgan fingerprint density at radius 2 is 2.13 bits per heavy atom. The number of halogens is 1. The molecule has 0 spiro atoms. The molecule has 1 aliphatic rings. The number of benzene rings is 1. The van der Waals surface area contributed by atoms with Crippen molar-refractivity contribution in [2.24, 2.45) is 0 Å². The SMILES string of the molecule is O=C(Nc1cccnc1)N1CC(c2ccccc2)C(F)(CO)C1. The van der Waals surface area contributed by atoms with Crippen LogP contribution in [0.2, 0.25) is 0 Å². The van der Waals surface area contributed by atoms with E-state index in [1.807, 2.05) is 30.3 Å². The molecule has 1 saturated heterocycles. The van der Waals surface area contributed by atoms with Crippen molar-refractivity contribution >= 4 is 11.7 Å². The number of pyridine rings is 1. The third kappa shape index (κ3) is 3.17. The monoisotopic (exact) mass is 315 g/mol. The molecular formula is C17H18FN3O2. The Bertz CT molecular complexity index is 668. The molecule has 0 radical (unpaired) electrons. The molecule has 1 aromatic carbocycles. The zero-order valence-corrected chi connectivity index (χ0v) is 12.5. The Kier molecular flexibility index (Phi) is 4.25. The summed E-state index contributed by atoms with van der Waals surface area (Å²) in [4.78, 5) is 17.6. The van der Waals surface area contributed by atoms with Crippen LogP contribution >= 0.6 is 0 Å². The smallest absolute Gasteiger partial charge is 0.322 e. The Morgan fingerprint density at radius 1 is 1.35 bits per heavy atom. The molecule has 2 amide bonds. The maximum atomic E-state index is 15.1. The first-order valence-electron chi connectivity index (χ1n) is 7.43. The molecule has 2 heterocycles. The Morgan fingerprint density at radius 3 is 2.78 bits per heavy atom. The first-order valence-corrected chi connectivity index (χ1v) is 7.43. The number of rotatable bonds is 3. The van der Waals surface area contributed by atoms with E-state index in [9.17, 15) is 9.90 Å². The van der Waals surface area contributed by atoms with Crippen molar-refractivity contribution in [2.45, 2.75) is 11.6 Å². The number of alkyl halides is 1. The van der Waals surface area contributed by atoms with Crippen molar-refractivity contribution in [1.82, 2.24) is 9.88 Å². The fourth-order valence-corrected chi connectivity index (χ4v) is 2.92. The van der Waals surface area contributed by atoms with Gasteiger partial charge in [-0.25, -0.2) is 9.18 Å². The summed E-state index contributed by atoms with van der Waals surface area (Å²) in [5.41, 5.74) is -0.511. The van der Waals surface area contributed by atoms with Crippen LogP contribution in [0, 0.1) is 0 Å². The number of hydrogen-bond acceptors (Lipinski definition) is 3. The lowest BCUT2D eigenvalue weighted by molar-refractivity contribution is 0.0680. The molecule has 6 heteroatoms. The molecule has 5 nitrogen and oxygen atoms in total. The number of hydrogen-bond donors (Lipinski definition) is 2. The van der Waals surface area contributed by atoms with Gasteiger partial charge in [0.15, 0.2) is 5.67 Å². The van der Waals surface area contributed by atoms with Gasteiger partial charge in [0.05, 0.1) is 25.0 Å². The molecule has 2 aromatic rings. The van der Waals surface area contributed by atoms with Gasteiger partial charge in [-0.2, -0.15) is 0 Å². The molecule has 2 N–H and O–H groups in total. The van der Waals surface area contributed by atoms with Crippen molar-refractivity contribution in [2.75, 3.05) is 25.0 Å². The van der Waals surface area contributed by atoms with E-state index < -0.39 is 24.2 Å². The molecule has 120 valence electrons. The molecule has 23 heavy (non-hydrogen) atoms. The first kappa shape index (κ1) is 15.4. The lowest BCUT2D eigenvalue weighted by Gasteiger charge is -2.23. The Balaban J connectivity index is 1.77. The Hall–Kier alpha value is -2.47. The van der Waals surface area contributed by atoms with Crippen molar-refractivity contribution in [3.63, 3.8) is 0 Å². The normalized spacial score (nSPS) is 23.7. The summed E-state index contributed by atoms with van der Waals surface area (Å²) < 4.78 is 15.1. The number of nitrogens with zero attached hydrogens (tertiary/aromatic N) is 2. The van der Waals surface area contributed by atoms with E-state index in [1.165, 1.54) is 11.1 Å². The maximum Gasteiger partial charge on any atom is 0.322 e. The van der Waals surface area contributed by atoms with Crippen LogP contribution in [-0.2, 0) is 0 Å². The molecule has 0 aliphatic carbocycles. The second kappa shape index (κ2) is 6.34. The molecule has 1 aliphatic heterocycles. The van der Waals surface area contributed by atoms with Crippen molar-refractivity contribution in [3.05, 3.63) is 60.4 Å². The van der Waals surface area contributed by atoms with Gasteiger partial charge in [0.2, 0.25) is 0 Å². The molecular weight excluding hydrogens is 297 g/mol. The number of anilines is 1. The topological polar surface area (TPSA) is 65.5 Å². The van der Waals surface area contributed by atoms with E-state index in [4.69, 9.17) is 0 Å². The Labute approximate surface area is 133 Å². The van der Waals surface area contributed by atoms with Crippen LogP contribution in [0.5, 0.6) is 0 Å². The number of aliphatic hydroxyl groups is 1. The average Bonchev–Trinajstić information content (AvgIpc) is 2.95. The molecule has 2 unspecified atom stereocenters. The van der Waals surface area contributed by atoms with Gasteiger partial charge in [0.25, 0.3) is 0 Å². The van der Waals surface area contributed by atoms with Gasteiger partial charge in [-0.1, -0.05) is 30.3 Å². The van der Waals surface area contributed by atoms with Crippen LogP contribution in [0.3, 0.4) is 0 Å². The molecule has 0 bridgehead atoms. The molecule has 0 saturated carbocycles. The second-order valence-corrected chi connectivity index (χ2v) is 5.71. The summed E-state index contributed by atoms with van der Waals surface area (Å²) in [5, 5.41) is 12.2. The third-order valence-electron chi connectivity index (χ3n) is 4.15. The highest BCUT2D eigenvalue weighted by Gasteiger charge is 2.49. The van der Waals surface area contributed by atoms with E-state index in [0.717, 1.165) is 5.56 Å². The number of aromatic nitrogens is 1. The van der Waals surface area contributed by atoms with E-state index in [2.05, 4.69) is 10.3 Å². The lowest BCUT2D eigenvalue weighted by Crippen LogP contribution is -2.38. The van der Waals surface area contributed by atoms with E-state index >= 15 is 4.39 Å². The van der Waals surface area contributed by atoms with Crippen LogP contribution in [0.15, 0.2) is 54.9 Å². The average molecular weight is 315 g/mol. The van der Waals surface area contributed by atoms with Crippen LogP contribution < -0.4 is 5.32 Å². The van der Waals surface area contributed by atoms with Gasteiger partial charge in [0, 0.05) is 18.7 Å². The predicted octanol–water partition coefficient (Wildman–Crippen LogP) is 2.41. The summed E-state index contributed by atoms with van der Waals surface area (Å²) in [6.07, 6.45) is 3.13. The van der Waals surface area contributed by atoms with Gasteiger partial charge in [0.1, 0.15) is 0 Å². The van der Waals surface area contributed by atoms with E-state index in [-0.39, 0.29) is 13.1 Å². The standard InChI is InChI=1S/C17H18FN3O2/c18-17(12-22)11-21(10-15(17)13-5-2-1-3-6-13)16(23)20-14-7-4-8-19-9-14/h1-9,15,22H,10-12H2,(H,20,23). The third-order valence-corrected chi connectivity index (χ3v) is 4.15. The van der Waals surface area contributed by atoms with Crippen molar-refractivity contribution in [3.8, 4) is 0 Å². The van der Waals surface area contributed by atoms with Gasteiger partial charge in [-0.05, 0) is 17.7 Å². The number of likely N-dealkylation sites (tertiary alicyclic amines) is 1. The first-order chi connectivity index (χ1) is 11.1. The highest BCUT2D eigenvalue weighted by Crippen LogP contribution is 2.39. The minimum atomic E-state index is -1.84. The zero-order chi connectivity index (χ0) is 16.3. The number of amides is 2. The molecule has 1 aromatic heterocycles. The fraction of sp³-hybridized carbons (Fsp3) is 0.294. The summed E-state index contributed by atoms with van der Waals surface area (Å²) in [6, 6.07) is 12.2. The van der Waals surface area contributed by atoms with Crippen molar-refractivity contribution < 1.29 is 14.3 Å². The second-order valence-electron chi connectivity index (χ2n) is 5.71. The van der Waals surface area contributed by atoms with Gasteiger partial charge >= 0.3 is 6.03 Å². The van der Waals surface area contributed by atoms with Crippen LogP contribution in [-0.4, -0.2) is 46.4 Å². The number of aliphatic hydroxyl groups excluding tert-OH is 1. The summed E-state index contributed by atoms with van der Waals surface area (Å²) in [6.45, 7) is -0.550. The number of nitrogens with one attached hydrogen (secondary N) is 1. The van der Waals surface area contributed by atoms with Crippen LogP contribution in [0.25, 0.3) is 0 Å². The van der Waals surface area contributed by atoms with E-state index in [0.29, 0.717) is 5.69 Å². The predicted molar refractivity (Wildman–Crippen MR) is 84.9 cm³/mol. The minimum Gasteiger partial charge on any atom is -0.393 e. The van der Waals surface area contributed by atoms with Gasteiger partial charge in [-0.15, -0.1) is 0 Å². The summed E-state index contributed by atoms with van der Waals surface area (Å²) >= 11 is 0. The number of carbonyl (C=O) groups excluding carboxylic acids is 1. The number of carbonyl (C=O) groups is 1. The summed E-state index contributed by atoms with van der Waals surface area (Å²) in [7, 11) is 0. The molecule has 2 atom stereocenters. The van der Waals surface area contributed by atoms with E-state index in [1.54, 1.807) is 18.3 Å². The minimum absolute atomic E-state index is 0.144. The number of urea groups is 1. The molecule has 1 fully saturated rings. The van der Waals surface area contributed by atoms with Gasteiger partial charge < -0.3 is 15.3 Å². The summed E-state index contributed by atoms with van der Waals surface area (Å²) in [5.74, 6) is -0.548. The molecule has 3 rings (SSSR count). The van der Waals surface area contributed by atoms with Crippen molar-refractivity contribution in [1.29, 1.82) is 0 Å². The quantitative estimate of drug-likeness (QED) is 0.914. The van der Waals surface area contributed by atoms with Crippen LogP contribution in [0.4, 0.5) is 14.9 Å². The maximum absolute atomic E-state index is 15.1. The fourth-order valence-electron chi connectivity index (χ4n) is 2.92. The highest BCUT2D eigenvalue weighted by molar-refractivity contribution is 5.89. The highest BCUT2D eigenvalue weighted by atomic mass is 19.1. The lowest BCUT2D eigenvalue weighted by atomic mass is 9.87. The van der Waals surface area contributed by atoms with Crippen LogP contribution in [0.1, 0.15) is 11.5 Å². The zero-order valence-electron chi connectivity index (χ0n) is 12.5. The largest absolute Gasteiger partial charge is 0.393 e.